The van der Waals surface area contributed by atoms with Crippen LogP contribution in [0.2, 0.25) is 0 Å². The van der Waals surface area contributed by atoms with E-state index in [1.165, 1.54) is 36.8 Å². The molecule has 0 aliphatic carbocycles. The minimum atomic E-state index is 0.240. The maximum Gasteiger partial charge on any atom is -0.00780 e. The Morgan fingerprint density at radius 3 is 1.62 bits per heavy atom. The van der Waals surface area contributed by atoms with Crippen LogP contribution in [0.15, 0.2) is 24.3 Å². The Bertz CT molecular complexity index is 430. The molecule has 0 fully saturated rings. The number of rotatable bonds is 6. The van der Waals surface area contributed by atoms with Gasteiger partial charge in [-0.1, -0.05) is 86.1 Å². The highest BCUT2D eigenvalue weighted by Gasteiger charge is 2.28. The normalized spacial score (nSPS) is 15.8. The first-order valence-corrected chi connectivity index (χ1v) is 8.65. The molecule has 0 saturated carbocycles. The fraction of sp³-hybridized carbons (Fsp3) is 0.714. The first-order valence-electron chi connectivity index (χ1n) is 8.65. The fourth-order valence-corrected chi connectivity index (χ4v) is 3.83. The van der Waals surface area contributed by atoms with Gasteiger partial charge in [0.2, 0.25) is 0 Å². The van der Waals surface area contributed by atoms with Crippen molar-refractivity contribution in [3.63, 3.8) is 0 Å². The summed E-state index contributed by atoms with van der Waals surface area (Å²) in [5.41, 5.74) is 3.91. The Labute approximate surface area is 133 Å². The molecule has 0 heterocycles. The van der Waals surface area contributed by atoms with Crippen LogP contribution in [0, 0.1) is 5.41 Å². The van der Waals surface area contributed by atoms with E-state index in [1.54, 1.807) is 0 Å². The minimum absolute atomic E-state index is 0.240. The molecular formula is C21H36. The molecule has 0 amide bonds. The highest BCUT2D eigenvalue weighted by Crippen LogP contribution is 2.38. The summed E-state index contributed by atoms with van der Waals surface area (Å²) in [6.45, 7) is 18.7. The first-order chi connectivity index (χ1) is 9.54. The lowest BCUT2D eigenvalue weighted by Crippen LogP contribution is -2.25. The molecule has 0 heteroatoms. The summed E-state index contributed by atoms with van der Waals surface area (Å²) in [4.78, 5) is 0. The Balaban J connectivity index is 3.02. The summed E-state index contributed by atoms with van der Waals surface area (Å²) in [6, 6.07) is 9.48. The Morgan fingerprint density at radius 1 is 0.762 bits per heavy atom. The molecule has 0 nitrogen and oxygen atoms in total. The van der Waals surface area contributed by atoms with Crippen LogP contribution in [0.1, 0.15) is 92.2 Å². The Hall–Kier alpha value is -0.780. The van der Waals surface area contributed by atoms with E-state index in [2.05, 4.69) is 79.7 Å². The van der Waals surface area contributed by atoms with Gasteiger partial charge in [-0.05, 0) is 46.6 Å². The summed E-state index contributed by atoms with van der Waals surface area (Å²) < 4.78 is 0. The van der Waals surface area contributed by atoms with E-state index in [-0.39, 0.29) is 5.41 Å². The molecule has 1 unspecified atom stereocenters. The maximum atomic E-state index is 2.41. The lowest BCUT2D eigenvalue weighted by atomic mass is 9.71. The van der Waals surface area contributed by atoms with Gasteiger partial charge in [0, 0.05) is 0 Å². The molecule has 1 rings (SSSR count). The second-order valence-electron chi connectivity index (χ2n) is 8.86. The van der Waals surface area contributed by atoms with Crippen molar-refractivity contribution in [2.45, 2.75) is 91.9 Å². The number of benzene rings is 1. The largest absolute Gasteiger partial charge is 0.0654 e. The SMILES string of the molecule is CCCC(C)(CC)c1ccc(C(C)(C)CC(C)(C)C)cc1. The average molecular weight is 289 g/mol. The van der Waals surface area contributed by atoms with Crippen LogP contribution in [0.5, 0.6) is 0 Å². The third kappa shape index (κ3) is 4.87. The third-order valence-electron chi connectivity index (χ3n) is 4.92. The van der Waals surface area contributed by atoms with Crippen LogP contribution >= 0.6 is 0 Å². The molecule has 1 atom stereocenters. The summed E-state index contributed by atoms with van der Waals surface area (Å²) in [5.74, 6) is 0. The topological polar surface area (TPSA) is 0 Å². The molecule has 0 radical (unpaired) electrons. The van der Waals surface area contributed by atoms with E-state index < -0.39 is 0 Å². The van der Waals surface area contributed by atoms with E-state index >= 15 is 0 Å². The molecule has 0 spiro atoms. The highest BCUT2D eigenvalue weighted by atomic mass is 14.3. The molecule has 120 valence electrons. The van der Waals surface area contributed by atoms with Crippen molar-refractivity contribution >= 4 is 0 Å². The van der Waals surface area contributed by atoms with Crippen molar-refractivity contribution in [2.24, 2.45) is 5.41 Å². The van der Waals surface area contributed by atoms with Crippen molar-refractivity contribution in [2.75, 3.05) is 0 Å². The van der Waals surface area contributed by atoms with Gasteiger partial charge in [-0.15, -0.1) is 0 Å². The van der Waals surface area contributed by atoms with E-state index in [0.29, 0.717) is 10.8 Å². The van der Waals surface area contributed by atoms with E-state index in [0.717, 1.165) is 0 Å². The molecule has 0 N–H and O–H groups in total. The molecule has 1 aromatic carbocycles. The molecule has 0 bridgehead atoms. The zero-order valence-corrected chi connectivity index (χ0v) is 15.6. The Kier molecular flexibility index (Phi) is 5.69. The molecule has 0 saturated heterocycles. The molecular weight excluding hydrogens is 252 g/mol. The van der Waals surface area contributed by atoms with Crippen molar-refractivity contribution in [3.05, 3.63) is 35.4 Å². The second-order valence-corrected chi connectivity index (χ2v) is 8.86. The van der Waals surface area contributed by atoms with Crippen LogP contribution in [0.3, 0.4) is 0 Å². The average Bonchev–Trinajstić information content (AvgIpc) is 2.36. The van der Waals surface area contributed by atoms with Gasteiger partial charge in [-0.3, -0.25) is 0 Å². The third-order valence-corrected chi connectivity index (χ3v) is 4.92. The summed E-state index contributed by atoms with van der Waals surface area (Å²) >= 11 is 0. The lowest BCUT2D eigenvalue weighted by molar-refractivity contribution is 0.284. The van der Waals surface area contributed by atoms with Crippen molar-refractivity contribution in [1.82, 2.24) is 0 Å². The molecule has 0 aromatic heterocycles. The summed E-state index contributed by atoms with van der Waals surface area (Å²) in [5, 5.41) is 0. The Morgan fingerprint density at radius 2 is 1.24 bits per heavy atom. The van der Waals surface area contributed by atoms with Gasteiger partial charge in [-0.2, -0.15) is 0 Å². The zero-order chi connectivity index (χ0) is 16.3. The predicted octanol–water partition coefficient (Wildman–Crippen LogP) is 6.87. The summed E-state index contributed by atoms with van der Waals surface area (Å²) in [6.07, 6.45) is 4.95. The molecule has 0 aliphatic heterocycles. The second kappa shape index (κ2) is 6.55. The monoisotopic (exact) mass is 288 g/mol. The van der Waals surface area contributed by atoms with Crippen LogP contribution in [-0.4, -0.2) is 0 Å². The van der Waals surface area contributed by atoms with E-state index in [9.17, 15) is 0 Å². The summed E-state index contributed by atoms with van der Waals surface area (Å²) in [7, 11) is 0. The van der Waals surface area contributed by atoms with Crippen LogP contribution < -0.4 is 0 Å². The van der Waals surface area contributed by atoms with Crippen LogP contribution in [0.25, 0.3) is 0 Å². The quantitative estimate of drug-likeness (QED) is 0.536. The van der Waals surface area contributed by atoms with E-state index in [4.69, 9.17) is 0 Å². The van der Waals surface area contributed by atoms with Crippen molar-refractivity contribution in [3.8, 4) is 0 Å². The standard InChI is InChI=1S/C21H36/c1-9-15-21(8,10-2)18-13-11-17(12-14-18)20(6,7)16-19(3,4)5/h11-14H,9-10,15-16H2,1-8H3. The molecule has 21 heavy (non-hydrogen) atoms. The van der Waals surface area contributed by atoms with Gasteiger partial charge < -0.3 is 0 Å². The zero-order valence-electron chi connectivity index (χ0n) is 15.6. The maximum absolute atomic E-state index is 2.41. The lowest BCUT2D eigenvalue weighted by Gasteiger charge is -2.34. The molecule has 0 aliphatic rings. The van der Waals surface area contributed by atoms with Crippen molar-refractivity contribution < 1.29 is 0 Å². The highest BCUT2D eigenvalue weighted by molar-refractivity contribution is 5.32. The van der Waals surface area contributed by atoms with Gasteiger partial charge in [0.25, 0.3) is 0 Å². The predicted molar refractivity (Wildman–Crippen MR) is 96.1 cm³/mol. The van der Waals surface area contributed by atoms with Gasteiger partial charge in [0.1, 0.15) is 0 Å². The smallest absolute Gasteiger partial charge is 0.00780 e. The van der Waals surface area contributed by atoms with E-state index in [1.807, 2.05) is 0 Å². The molecule has 1 aromatic rings. The van der Waals surface area contributed by atoms with Crippen molar-refractivity contribution in [1.29, 1.82) is 0 Å². The van der Waals surface area contributed by atoms with Gasteiger partial charge in [-0.25, -0.2) is 0 Å². The van der Waals surface area contributed by atoms with Crippen LogP contribution in [-0.2, 0) is 10.8 Å². The van der Waals surface area contributed by atoms with Gasteiger partial charge >= 0.3 is 0 Å². The van der Waals surface area contributed by atoms with Gasteiger partial charge in [0.05, 0.1) is 0 Å². The number of hydrogen-bond acceptors (Lipinski definition) is 0. The van der Waals surface area contributed by atoms with Crippen LogP contribution in [0.4, 0.5) is 0 Å². The minimum Gasteiger partial charge on any atom is -0.0654 e. The van der Waals surface area contributed by atoms with Gasteiger partial charge in [0.15, 0.2) is 0 Å². The fourth-order valence-electron chi connectivity index (χ4n) is 3.83. The first kappa shape index (κ1) is 18.3. The number of hydrogen-bond donors (Lipinski definition) is 0.